The van der Waals surface area contributed by atoms with Gasteiger partial charge in [-0.3, -0.25) is 9.10 Å². The molecular weight excluding hydrogens is 338 g/mol. The summed E-state index contributed by atoms with van der Waals surface area (Å²) >= 11 is 0. The molecule has 0 saturated heterocycles. The lowest BCUT2D eigenvalue weighted by Gasteiger charge is -2.26. The number of carbonyl (C=O) groups is 1. The number of amides is 1. The average Bonchev–Trinajstić information content (AvgIpc) is 2.44. The Bertz CT molecular complexity index is 677. The van der Waals surface area contributed by atoms with Crippen molar-refractivity contribution in [3.05, 3.63) is 28.8 Å². The van der Waals surface area contributed by atoms with Crippen LogP contribution in [0.25, 0.3) is 0 Å². The quantitative estimate of drug-likeness (QED) is 0.674. The monoisotopic (exact) mass is 369 g/mol. The summed E-state index contributed by atoms with van der Waals surface area (Å²) in [4.78, 5) is 14.1. The maximum absolute atomic E-state index is 12.3. The number of benzene rings is 1. The van der Waals surface area contributed by atoms with Crippen LogP contribution in [0.15, 0.2) is 12.1 Å². The summed E-state index contributed by atoms with van der Waals surface area (Å²) in [5, 5.41) is 2.85. The largest absolute Gasteiger partial charge is 0.356 e. The molecular formula is C18H31N3O3S. The van der Waals surface area contributed by atoms with Gasteiger partial charge in [0.1, 0.15) is 0 Å². The lowest BCUT2D eigenvalue weighted by Crippen LogP contribution is -2.36. The molecule has 0 saturated carbocycles. The summed E-state index contributed by atoms with van der Waals surface area (Å²) < 4.78 is 25.9. The third-order valence-corrected chi connectivity index (χ3v) is 5.10. The number of nitrogens with one attached hydrogen (secondary N) is 1. The van der Waals surface area contributed by atoms with Crippen molar-refractivity contribution in [1.29, 1.82) is 0 Å². The highest BCUT2D eigenvalue weighted by Crippen LogP contribution is 2.28. The van der Waals surface area contributed by atoms with Crippen LogP contribution in [-0.4, -0.2) is 59.2 Å². The van der Waals surface area contributed by atoms with E-state index in [-0.39, 0.29) is 18.9 Å². The highest BCUT2D eigenvalue weighted by molar-refractivity contribution is 7.92. The highest BCUT2D eigenvalue weighted by atomic mass is 32.2. The number of hydrogen-bond donors (Lipinski definition) is 1. The van der Waals surface area contributed by atoms with Gasteiger partial charge in [-0.2, -0.15) is 0 Å². The molecule has 0 radical (unpaired) electrons. The van der Waals surface area contributed by atoms with E-state index < -0.39 is 10.0 Å². The maximum Gasteiger partial charge on any atom is 0.232 e. The predicted octanol–water partition coefficient (Wildman–Crippen LogP) is 1.84. The molecule has 0 heterocycles. The average molecular weight is 370 g/mol. The molecule has 6 nitrogen and oxygen atoms in total. The van der Waals surface area contributed by atoms with Gasteiger partial charge in [-0.05, 0) is 59.0 Å². The second kappa shape index (κ2) is 9.20. The van der Waals surface area contributed by atoms with Gasteiger partial charge < -0.3 is 10.2 Å². The minimum Gasteiger partial charge on any atom is -0.356 e. The van der Waals surface area contributed by atoms with E-state index in [0.29, 0.717) is 12.2 Å². The third-order valence-electron chi connectivity index (χ3n) is 3.93. The van der Waals surface area contributed by atoms with Crippen molar-refractivity contribution in [3.8, 4) is 0 Å². The summed E-state index contributed by atoms with van der Waals surface area (Å²) in [5.41, 5.74) is 3.56. The predicted molar refractivity (Wildman–Crippen MR) is 104 cm³/mol. The lowest BCUT2D eigenvalue weighted by molar-refractivity contribution is -0.120. The first-order chi connectivity index (χ1) is 11.5. The summed E-state index contributed by atoms with van der Waals surface area (Å²) in [5.74, 6) is -0.130. The number of rotatable bonds is 9. The summed E-state index contributed by atoms with van der Waals surface area (Å²) in [7, 11) is 0.507. The standard InChI is InChI=1S/C18H31N3O3S/c1-14-12-15(2)18(16(3)13-14)21(25(6,23)24)11-8-17(22)19-9-7-10-20(4)5/h12-13H,7-11H2,1-6H3,(H,19,22). The number of hydrogen-bond acceptors (Lipinski definition) is 4. The van der Waals surface area contributed by atoms with Crippen LogP contribution in [0.3, 0.4) is 0 Å². The van der Waals surface area contributed by atoms with Gasteiger partial charge in [0, 0.05) is 19.5 Å². The van der Waals surface area contributed by atoms with Gasteiger partial charge in [0.15, 0.2) is 0 Å². The molecule has 0 aromatic heterocycles. The zero-order chi connectivity index (χ0) is 19.2. The SMILES string of the molecule is Cc1cc(C)c(N(CCC(=O)NCCCN(C)C)S(C)(=O)=O)c(C)c1. The lowest BCUT2D eigenvalue weighted by atomic mass is 10.1. The molecule has 1 N–H and O–H groups in total. The van der Waals surface area contributed by atoms with Gasteiger partial charge in [0.05, 0.1) is 11.9 Å². The Morgan fingerprint density at radius 3 is 2.12 bits per heavy atom. The van der Waals surface area contributed by atoms with E-state index in [1.165, 1.54) is 10.6 Å². The van der Waals surface area contributed by atoms with Crippen LogP contribution in [-0.2, 0) is 14.8 Å². The molecule has 1 amide bonds. The number of nitrogens with zero attached hydrogens (tertiary/aromatic N) is 2. The van der Waals surface area contributed by atoms with Crippen LogP contribution < -0.4 is 9.62 Å². The van der Waals surface area contributed by atoms with Crippen LogP contribution in [0.4, 0.5) is 5.69 Å². The van der Waals surface area contributed by atoms with Crippen LogP contribution >= 0.6 is 0 Å². The number of sulfonamides is 1. The van der Waals surface area contributed by atoms with E-state index in [0.717, 1.165) is 29.7 Å². The molecule has 1 aromatic rings. The zero-order valence-electron chi connectivity index (χ0n) is 16.2. The normalized spacial score (nSPS) is 11.6. The van der Waals surface area contributed by atoms with Crippen LogP contribution in [0.5, 0.6) is 0 Å². The van der Waals surface area contributed by atoms with Gasteiger partial charge in [-0.15, -0.1) is 0 Å². The Hall–Kier alpha value is -1.60. The Morgan fingerprint density at radius 1 is 1.08 bits per heavy atom. The molecule has 1 aromatic carbocycles. The molecule has 0 unspecified atom stereocenters. The molecule has 0 spiro atoms. The third kappa shape index (κ3) is 7.04. The van der Waals surface area contributed by atoms with E-state index in [9.17, 15) is 13.2 Å². The molecule has 7 heteroatoms. The maximum atomic E-state index is 12.3. The second-order valence-electron chi connectivity index (χ2n) is 6.84. The van der Waals surface area contributed by atoms with Crippen molar-refractivity contribution >= 4 is 21.6 Å². The van der Waals surface area contributed by atoms with Gasteiger partial charge in [-0.1, -0.05) is 17.7 Å². The minimum atomic E-state index is -3.46. The van der Waals surface area contributed by atoms with Gasteiger partial charge in [0.25, 0.3) is 0 Å². The molecule has 142 valence electrons. The molecule has 0 aliphatic carbocycles. The first-order valence-electron chi connectivity index (χ1n) is 8.49. The van der Waals surface area contributed by atoms with Crippen molar-refractivity contribution in [2.75, 3.05) is 44.3 Å². The Kier molecular flexibility index (Phi) is 7.89. The van der Waals surface area contributed by atoms with Crippen LogP contribution in [0.2, 0.25) is 0 Å². The van der Waals surface area contributed by atoms with Crippen molar-refractivity contribution in [3.63, 3.8) is 0 Å². The topological polar surface area (TPSA) is 69.7 Å². The van der Waals surface area contributed by atoms with Crippen molar-refractivity contribution in [2.24, 2.45) is 0 Å². The van der Waals surface area contributed by atoms with E-state index >= 15 is 0 Å². The van der Waals surface area contributed by atoms with E-state index in [4.69, 9.17) is 0 Å². The minimum absolute atomic E-state index is 0.130. The van der Waals surface area contributed by atoms with E-state index in [2.05, 4.69) is 10.2 Å². The fourth-order valence-electron chi connectivity index (χ4n) is 2.92. The number of anilines is 1. The van der Waals surface area contributed by atoms with Gasteiger partial charge >= 0.3 is 0 Å². The second-order valence-corrected chi connectivity index (χ2v) is 8.75. The zero-order valence-corrected chi connectivity index (χ0v) is 17.0. The highest BCUT2D eigenvalue weighted by Gasteiger charge is 2.22. The summed E-state index contributed by atoms with van der Waals surface area (Å²) in [6.45, 7) is 7.42. The Balaban J connectivity index is 2.79. The fourth-order valence-corrected chi connectivity index (χ4v) is 3.97. The fraction of sp³-hybridized carbons (Fsp3) is 0.611. The molecule has 0 bridgehead atoms. The molecule has 1 rings (SSSR count). The van der Waals surface area contributed by atoms with Crippen molar-refractivity contribution in [1.82, 2.24) is 10.2 Å². The molecule has 0 atom stereocenters. The Labute approximate surface area is 152 Å². The smallest absolute Gasteiger partial charge is 0.232 e. The van der Waals surface area contributed by atoms with Crippen molar-refractivity contribution in [2.45, 2.75) is 33.6 Å². The molecule has 0 aliphatic rings. The van der Waals surface area contributed by atoms with E-state index in [1.54, 1.807) is 0 Å². The molecule has 0 fully saturated rings. The van der Waals surface area contributed by atoms with Crippen LogP contribution in [0.1, 0.15) is 29.5 Å². The van der Waals surface area contributed by atoms with E-state index in [1.807, 2.05) is 47.0 Å². The summed E-state index contributed by atoms with van der Waals surface area (Å²) in [6, 6.07) is 3.92. The van der Waals surface area contributed by atoms with Crippen molar-refractivity contribution < 1.29 is 13.2 Å². The summed E-state index contributed by atoms with van der Waals surface area (Å²) in [6.07, 6.45) is 2.19. The van der Waals surface area contributed by atoms with Crippen LogP contribution in [0, 0.1) is 20.8 Å². The van der Waals surface area contributed by atoms with Gasteiger partial charge in [-0.25, -0.2) is 8.42 Å². The number of carbonyl (C=O) groups excluding carboxylic acids is 1. The first kappa shape index (κ1) is 21.4. The van der Waals surface area contributed by atoms with Gasteiger partial charge in [0.2, 0.25) is 15.9 Å². The molecule has 0 aliphatic heterocycles. The Morgan fingerprint density at radius 2 is 1.64 bits per heavy atom. The number of aryl methyl sites for hydroxylation is 3. The first-order valence-corrected chi connectivity index (χ1v) is 10.3. The molecule has 25 heavy (non-hydrogen) atoms.